The molecule has 32 heavy (non-hydrogen) atoms. The Labute approximate surface area is 186 Å². The molecule has 0 saturated carbocycles. The number of carbonyl (C=O) groups excluding carboxylic acids is 1. The van der Waals surface area contributed by atoms with Gasteiger partial charge < -0.3 is 30.4 Å². The van der Waals surface area contributed by atoms with Crippen LogP contribution in [0.1, 0.15) is 34.7 Å². The third kappa shape index (κ3) is 3.35. The maximum atomic E-state index is 12.8. The zero-order valence-electron chi connectivity index (χ0n) is 18.1. The van der Waals surface area contributed by atoms with Gasteiger partial charge in [-0.2, -0.15) is 0 Å². The third-order valence-electron chi connectivity index (χ3n) is 6.81. The van der Waals surface area contributed by atoms with Gasteiger partial charge in [-0.05, 0) is 49.9 Å². The second-order valence-electron chi connectivity index (χ2n) is 9.17. The van der Waals surface area contributed by atoms with Crippen molar-refractivity contribution in [1.29, 1.82) is 0 Å². The summed E-state index contributed by atoms with van der Waals surface area (Å²) in [5.41, 5.74) is 9.96. The molecule has 3 aliphatic heterocycles. The van der Waals surface area contributed by atoms with Crippen molar-refractivity contribution in [2.45, 2.75) is 44.3 Å². The largest absolute Gasteiger partial charge is 0.491 e. The summed E-state index contributed by atoms with van der Waals surface area (Å²) in [7, 11) is 0. The number of nitrogens with zero attached hydrogens (tertiary/aromatic N) is 2. The summed E-state index contributed by atoms with van der Waals surface area (Å²) in [6.45, 7) is 4.36. The lowest BCUT2D eigenvalue weighted by Gasteiger charge is -2.35. The first kappa shape index (κ1) is 19.4. The number of nitrogens with one attached hydrogen (secondary N) is 2. The zero-order valence-corrected chi connectivity index (χ0v) is 18.1. The summed E-state index contributed by atoms with van der Waals surface area (Å²) in [5.74, 6) is 0.664. The molecule has 3 atom stereocenters. The SMILES string of the molecule is Cc1ccc2c(N)c(C(=O)N[C@H]3COc4cc(N5CC6CCC(C5)N6)ccc4C3)oc2n1. The molecule has 2 unspecified atom stereocenters. The van der Waals surface area contributed by atoms with E-state index < -0.39 is 0 Å². The van der Waals surface area contributed by atoms with Gasteiger partial charge in [-0.3, -0.25) is 4.79 Å². The van der Waals surface area contributed by atoms with E-state index in [9.17, 15) is 4.79 Å². The normalized spacial score (nSPS) is 24.3. The fourth-order valence-corrected chi connectivity index (χ4v) is 5.17. The van der Waals surface area contributed by atoms with Crippen LogP contribution in [0.5, 0.6) is 5.75 Å². The van der Waals surface area contributed by atoms with E-state index in [0.29, 0.717) is 41.9 Å². The Bertz CT molecular complexity index is 1190. The average molecular weight is 434 g/mol. The van der Waals surface area contributed by atoms with Crippen molar-refractivity contribution in [3.8, 4) is 5.75 Å². The van der Waals surface area contributed by atoms with Gasteiger partial charge in [0.25, 0.3) is 5.91 Å². The Balaban J connectivity index is 1.16. The number of piperazine rings is 1. The monoisotopic (exact) mass is 433 g/mol. The second kappa shape index (κ2) is 7.41. The van der Waals surface area contributed by atoms with Gasteiger partial charge in [-0.1, -0.05) is 6.07 Å². The highest BCUT2D eigenvalue weighted by molar-refractivity contribution is 6.04. The van der Waals surface area contributed by atoms with Crippen LogP contribution in [0.2, 0.25) is 0 Å². The number of pyridine rings is 1. The highest BCUT2D eigenvalue weighted by atomic mass is 16.5. The lowest BCUT2D eigenvalue weighted by Crippen LogP contribution is -2.51. The van der Waals surface area contributed by atoms with Crippen LogP contribution < -0.4 is 26.0 Å². The van der Waals surface area contributed by atoms with Crippen molar-refractivity contribution in [2.24, 2.45) is 0 Å². The molecule has 1 aromatic carbocycles. The molecule has 1 amide bonds. The van der Waals surface area contributed by atoms with Gasteiger partial charge in [0.2, 0.25) is 11.5 Å². The summed E-state index contributed by atoms with van der Waals surface area (Å²) in [4.78, 5) is 19.6. The number of nitrogen functional groups attached to an aromatic ring is 1. The predicted octanol–water partition coefficient (Wildman–Crippen LogP) is 2.39. The zero-order chi connectivity index (χ0) is 21.8. The van der Waals surface area contributed by atoms with E-state index in [-0.39, 0.29) is 17.7 Å². The summed E-state index contributed by atoms with van der Waals surface area (Å²) < 4.78 is 11.7. The fraction of sp³-hybridized carbons (Fsp3) is 0.417. The van der Waals surface area contributed by atoms with Crippen molar-refractivity contribution in [2.75, 3.05) is 30.3 Å². The number of nitrogens with two attached hydrogens (primary N) is 1. The number of hydrogen-bond donors (Lipinski definition) is 3. The Kier molecular flexibility index (Phi) is 4.50. The van der Waals surface area contributed by atoms with Gasteiger partial charge >= 0.3 is 0 Å². The Hall–Kier alpha value is -3.26. The molecule has 0 spiro atoms. The van der Waals surface area contributed by atoms with Crippen LogP contribution in [0.3, 0.4) is 0 Å². The summed E-state index contributed by atoms with van der Waals surface area (Å²) in [6.07, 6.45) is 3.22. The number of fused-ring (bicyclic) bond motifs is 4. The first-order valence-corrected chi connectivity index (χ1v) is 11.3. The molecule has 4 N–H and O–H groups in total. The first-order chi connectivity index (χ1) is 15.5. The number of anilines is 2. The standard InChI is InChI=1S/C24H27N5O3/c1-13-2-7-19-21(25)22(32-24(19)26-13)23(30)28-17-8-14-3-6-18(9-20(14)31-12-17)29-10-15-4-5-16(11-29)27-15/h2-3,6-7,9,15-17,27H,4-5,8,10-12,25H2,1H3,(H,28,30)/t15?,16?,17-/m1/s1. The van der Waals surface area contributed by atoms with Crippen LogP contribution >= 0.6 is 0 Å². The average Bonchev–Trinajstić information content (AvgIpc) is 3.30. The quantitative estimate of drug-likeness (QED) is 0.582. The molecule has 2 aromatic heterocycles. The summed E-state index contributed by atoms with van der Waals surface area (Å²) in [6, 6.07) is 11.1. The van der Waals surface area contributed by atoms with Crippen molar-refractivity contribution in [3.63, 3.8) is 0 Å². The third-order valence-corrected chi connectivity index (χ3v) is 6.81. The molecule has 2 fully saturated rings. The smallest absolute Gasteiger partial charge is 0.289 e. The highest BCUT2D eigenvalue weighted by Gasteiger charge is 2.33. The number of hydrogen-bond acceptors (Lipinski definition) is 7. The second-order valence-corrected chi connectivity index (χ2v) is 9.17. The Morgan fingerprint density at radius 3 is 2.84 bits per heavy atom. The lowest BCUT2D eigenvalue weighted by atomic mass is 10.0. The molecule has 6 rings (SSSR count). The minimum atomic E-state index is -0.344. The molecule has 166 valence electrons. The van der Waals surface area contributed by atoms with Gasteiger partial charge in [0.15, 0.2) is 0 Å². The van der Waals surface area contributed by atoms with Crippen LogP contribution in [-0.4, -0.2) is 48.7 Å². The molecular formula is C24H27N5O3. The molecule has 3 aliphatic rings. The van der Waals surface area contributed by atoms with Crippen LogP contribution in [0.4, 0.5) is 11.4 Å². The number of amides is 1. The fourth-order valence-electron chi connectivity index (χ4n) is 5.17. The van der Waals surface area contributed by atoms with Crippen LogP contribution in [0.25, 0.3) is 11.1 Å². The number of ether oxygens (including phenoxy) is 1. The Morgan fingerprint density at radius 2 is 2.03 bits per heavy atom. The number of aryl methyl sites for hydroxylation is 1. The number of furan rings is 1. The molecule has 0 aliphatic carbocycles. The molecule has 2 bridgehead atoms. The van der Waals surface area contributed by atoms with Crippen LogP contribution in [0, 0.1) is 6.92 Å². The minimum absolute atomic E-state index is 0.104. The van der Waals surface area contributed by atoms with E-state index >= 15 is 0 Å². The predicted molar refractivity (Wildman–Crippen MR) is 122 cm³/mol. The van der Waals surface area contributed by atoms with Crippen LogP contribution in [0.15, 0.2) is 34.7 Å². The maximum absolute atomic E-state index is 12.8. The van der Waals surface area contributed by atoms with Crippen molar-refractivity contribution in [1.82, 2.24) is 15.6 Å². The molecule has 5 heterocycles. The summed E-state index contributed by atoms with van der Waals surface area (Å²) >= 11 is 0. The molecule has 2 saturated heterocycles. The molecule has 8 nitrogen and oxygen atoms in total. The molecule has 8 heteroatoms. The molecular weight excluding hydrogens is 406 g/mol. The number of aromatic nitrogens is 1. The first-order valence-electron chi connectivity index (χ1n) is 11.3. The van der Waals surface area contributed by atoms with Gasteiger partial charge in [-0.15, -0.1) is 0 Å². The molecule has 3 aromatic rings. The van der Waals surface area contributed by atoms with Gasteiger partial charge in [0.05, 0.1) is 17.1 Å². The van der Waals surface area contributed by atoms with Crippen molar-refractivity contribution in [3.05, 3.63) is 47.3 Å². The lowest BCUT2D eigenvalue weighted by molar-refractivity contribution is 0.0890. The highest BCUT2D eigenvalue weighted by Crippen LogP contribution is 2.33. The van der Waals surface area contributed by atoms with Gasteiger partial charge in [0.1, 0.15) is 12.4 Å². The van der Waals surface area contributed by atoms with E-state index in [1.165, 1.54) is 18.5 Å². The minimum Gasteiger partial charge on any atom is -0.491 e. The maximum Gasteiger partial charge on any atom is 0.289 e. The van der Waals surface area contributed by atoms with Gasteiger partial charge in [0, 0.05) is 42.6 Å². The summed E-state index contributed by atoms with van der Waals surface area (Å²) in [5, 5.41) is 7.33. The van der Waals surface area contributed by atoms with Crippen molar-refractivity contribution >= 4 is 28.4 Å². The Morgan fingerprint density at radius 1 is 1.22 bits per heavy atom. The van der Waals surface area contributed by atoms with E-state index in [1.807, 2.05) is 19.1 Å². The van der Waals surface area contributed by atoms with Gasteiger partial charge in [-0.25, -0.2) is 4.98 Å². The van der Waals surface area contributed by atoms with E-state index in [4.69, 9.17) is 14.9 Å². The number of rotatable bonds is 3. The molecule has 0 radical (unpaired) electrons. The van der Waals surface area contributed by atoms with Crippen molar-refractivity contribution < 1.29 is 13.9 Å². The van der Waals surface area contributed by atoms with E-state index in [1.54, 1.807) is 0 Å². The van der Waals surface area contributed by atoms with E-state index in [2.05, 4.69) is 38.7 Å². The van der Waals surface area contributed by atoms with Crippen LogP contribution in [-0.2, 0) is 6.42 Å². The number of carbonyl (C=O) groups is 1. The number of benzene rings is 1. The van der Waals surface area contributed by atoms with E-state index in [0.717, 1.165) is 30.1 Å². The topological polar surface area (TPSA) is 106 Å².